The summed E-state index contributed by atoms with van der Waals surface area (Å²) in [6, 6.07) is 17.1. The third-order valence-corrected chi connectivity index (χ3v) is 2.93. The van der Waals surface area contributed by atoms with Gasteiger partial charge in [-0.15, -0.1) is 0 Å². The minimum Gasteiger partial charge on any atom is -0.460 e. The Morgan fingerprint density at radius 1 is 0.900 bits per heavy atom. The number of carbonyl (C=O) groups excluding carboxylic acids is 2. The molecule has 102 valence electrons. The summed E-state index contributed by atoms with van der Waals surface area (Å²) in [6.45, 7) is 1.88. The minimum absolute atomic E-state index is 0.205. The predicted octanol–water partition coefficient (Wildman–Crippen LogP) is 3.02. The molecule has 0 bridgehead atoms. The number of ether oxygens (including phenoxy) is 1. The molecule has 0 aromatic heterocycles. The first-order valence-corrected chi connectivity index (χ1v) is 6.55. The van der Waals surface area contributed by atoms with E-state index in [0.29, 0.717) is 5.56 Å². The number of carbonyl (C=O) groups is 2. The Morgan fingerprint density at radius 2 is 1.50 bits per heavy atom. The Morgan fingerprint density at radius 3 is 2.10 bits per heavy atom. The average molecular weight is 268 g/mol. The van der Waals surface area contributed by atoms with E-state index in [1.807, 2.05) is 30.3 Å². The molecular formula is C17H16O3. The van der Waals surface area contributed by atoms with Crippen LogP contribution in [0.5, 0.6) is 0 Å². The van der Waals surface area contributed by atoms with E-state index in [4.69, 9.17) is 4.74 Å². The highest BCUT2D eigenvalue weighted by Crippen LogP contribution is 2.11. The molecule has 3 nitrogen and oxygen atoms in total. The standard InChI is InChI=1S/C17H16O3/c1-2-20-17(19)16(18)15-10-8-14(9-11-15)12-13-6-4-3-5-7-13/h3-11H,2,12H2,1H3. The monoisotopic (exact) mass is 268 g/mol. The van der Waals surface area contributed by atoms with Crippen LogP contribution < -0.4 is 0 Å². The fourth-order valence-corrected chi connectivity index (χ4v) is 1.92. The molecule has 0 radical (unpaired) electrons. The molecule has 20 heavy (non-hydrogen) atoms. The van der Waals surface area contributed by atoms with Crippen molar-refractivity contribution in [2.45, 2.75) is 13.3 Å². The van der Waals surface area contributed by atoms with E-state index in [2.05, 4.69) is 12.1 Å². The zero-order valence-electron chi connectivity index (χ0n) is 11.3. The average Bonchev–Trinajstić information content (AvgIpc) is 2.48. The highest BCUT2D eigenvalue weighted by Gasteiger charge is 2.16. The Kier molecular flexibility index (Phi) is 4.66. The Balaban J connectivity index is 2.07. The second-order valence-electron chi connectivity index (χ2n) is 4.41. The zero-order chi connectivity index (χ0) is 14.4. The first-order valence-electron chi connectivity index (χ1n) is 6.55. The molecule has 0 fully saturated rings. The molecule has 0 spiro atoms. The summed E-state index contributed by atoms with van der Waals surface area (Å²) in [5.74, 6) is -1.40. The predicted molar refractivity (Wildman–Crippen MR) is 76.7 cm³/mol. The largest absolute Gasteiger partial charge is 0.460 e. The first kappa shape index (κ1) is 14.0. The van der Waals surface area contributed by atoms with Gasteiger partial charge in [0.25, 0.3) is 5.78 Å². The van der Waals surface area contributed by atoms with Crippen molar-refractivity contribution in [1.82, 2.24) is 0 Å². The fourth-order valence-electron chi connectivity index (χ4n) is 1.92. The lowest BCUT2D eigenvalue weighted by atomic mass is 10.0. The first-order chi connectivity index (χ1) is 9.70. The van der Waals surface area contributed by atoms with Crippen LogP contribution in [-0.4, -0.2) is 18.4 Å². The summed E-state index contributed by atoms with van der Waals surface area (Å²) in [4.78, 5) is 23.1. The normalized spacial score (nSPS) is 10.1. The van der Waals surface area contributed by atoms with Gasteiger partial charge in [-0.25, -0.2) is 4.79 Å². The molecule has 2 aromatic rings. The van der Waals surface area contributed by atoms with Crippen molar-refractivity contribution in [2.75, 3.05) is 6.61 Å². The summed E-state index contributed by atoms with van der Waals surface area (Å²) in [6.07, 6.45) is 0.800. The van der Waals surface area contributed by atoms with Gasteiger partial charge in [0.2, 0.25) is 0 Å². The lowest BCUT2D eigenvalue weighted by molar-refractivity contribution is -0.137. The Bertz CT molecular complexity index is 585. The zero-order valence-corrected chi connectivity index (χ0v) is 11.3. The van der Waals surface area contributed by atoms with Crippen LogP contribution in [0.2, 0.25) is 0 Å². The number of hydrogen-bond donors (Lipinski definition) is 0. The van der Waals surface area contributed by atoms with Crippen molar-refractivity contribution in [2.24, 2.45) is 0 Å². The van der Waals surface area contributed by atoms with Gasteiger partial charge in [-0.2, -0.15) is 0 Å². The van der Waals surface area contributed by atoms with E-state index in [1.165, 1.54) is 5.56 Å². The topological polar surface area (TPSA) is 43.4 Å². The summed E-state index contributed by atoms with van der Waals surface area (Å²) in [7, 11) is 0. The lowest BCUT2D eigenvalue weighted by Crippen LogP contribution is -2.17. The lowest BCUT2D eigenvalue weighted by Gasteiger charge is -2.04. The summed E-state index contributed by atoms with van der Waals surface area (Å²) in [5, 5.41) is 0. The SMILES string of the molecule is CCOC(=O)C(=O)c1ccc(Cc2ccccc2)cc1. The molecule has 0 saturated heterocycles. The molecule has 2 rings (SSSR count). The van der Waals surface area contributed by atoms with Crippen LogP contribution in [0.3, 0.4) is 0 Å². The van der Waals surface area contributed by atoms with Gasteiger partial charge in [0.05, 0.1) is 6.61 Å². The van der Waals surface area contributed by atoms with E-state index in [-0.39, 0.29) is 6.61 Å². The van der Waals surface area contributed by atoms with Gasteiger partial charge in [-0.05, 0) is 24.5 Å². The molecule has 2 aromatic carbocycles. The smallest absolute Gasteiger partial charge is 0.379 e. The molecule has 0 aliphatic carbocycles. The Hall–Kier alpha value is -2.42. The van der Waals surface area contributed by atoms with E-state index in [1.54, 1.807) is 19.1 Å². The fraction of sp³-hybridized carbons (Fsp3) is 0.176. The van der Waals surface area contributed by atoms with Gasteiger partial charge in [0.1, 0.15) is 0 Å². The third-order valence-electron chi connectivity index (χ3n) is 2.93. The maximum Gasteiger partial charge on any atom is 0.379 e. The molecular weight excluding hydrogens is 252 g/mol. The van der Waals surface area contributed by atoms with Crippen LogP contribution >= 0.6 is 0 Å². The summed E-state index contributed by atoms with van der Waals surface area (Å²) < 4.78 is 4.70. The third kappa shape index (κ3) is 3.54. The Labute approximate surface area is 118 Å². The van der Waals surface area contributed by atoms with Crippen LogP contribution in [0.25, 0.3) is 0 Å². The van der Waals surface area contributed by atoms with E-state index >= 15 is 0 Å². The summed E-state index contributed by atoms with van der Waals surface area (Å²) in [5.41, 5.74) is 2.66. The van der Waals surface area contributed by atoms with E-state index in [9.17, 15) is 9.59 Å². The van der Waals surface area contributed by atoms with Crippen LogP contribution in [0.1, 0.15) is 28.4 Å². The maximum atomic E-state index is 11.7. The van der Waals surface area contributed by atoms with E-state index in [0.717, 1.165) is 12.0 Å². The van der Waals surface area contributed by atoms with Gasteiger partial charge < -0.3 is 4.74 Å². The van der Waals surface area contributed by atoms with Crippen molar-refractivity contribution in [3.8, 4) is 0 Å². The number of esters is 1. The molecule has 0 saturated carbocycles. The second kappa shape index (κ2) is 6.66. The van der Waals surface area contributed by atoms with Crippen molar-refractivity contribution in [3.63, 3.8) is 0 Å². The minimum atomic E-state index is -0.802. The molecule has 0 amide bonds. The van der Waals surface area contributed by atoms with Crippen molar-refractivity contribution in [3.05, 3.63) is 71.3 Å². The van der Waals surface area contributed by atoms with Crippen molar-refractivity contribution in [1.29, 1.82) is 0 Å². The molecule has 0 N–H and O–H groups in total. The molecule has 0 unspecified atom stereocenters. The highest BCUT2D eigenvalue weighted by molar-refractivity contribution is 6.40. The van der Waals surface area contributed by atoms with Crippen LogP contribution in [-0.2, 0) is 16.0 Å². The van der Waals surface area contributed by atoms with Gasteiger partial charge in [-0.1, -0.05) is 54.6 Å². The highest BCUT2D eigenvalue weighted by atomic mass is 16.5. The molecule has 0 heterocycles. The quantitative estimate of drug-likeness (QED) is 0.475. The van der Waals surface area contributed by atoms with Crippen molar-refractivity contribution < 1.29 is 14.3 Å². The molecule has 0 aliphatic heterocycles. The van der Waals surface area contributed by atoms with Crippen LogP contribution in [0.4, 0.5) is 0 Å². The van der Waals surface area contributed by atoms with Gasteiger partial charge in [0, 0.05) is 5.56 Å². The second-order valence-corrected chi connectivity index (χ2v) is 4.41. The van der Waals surface area contributed by atoms with Crippen LogP contribution in [0.15, 0.2) is 54.6 Å². The van der Waals surface area contributed by atoms with Crippen LogP contribution in [0, 0.1) is 0 Å². The molecule has 0 aliphatic rings. The molecule has 3 heteroatoms. The van der Waals surface area contributed by atoms with Crippen molar-refractivity contribution >= 4 is 11.8 Å². The molecule has 0 atom stereocenters. The number of rotatable bonds is 5. The number of benzene rings is 2. The number of Topliss-reactive ketones (excluding diaryl/α,β-unsaturated/α-hetero) is 1. The van der Waals surface area contributed by atoms with E-state index < -0.39 is 11.8 Å². The number of hydrogen-bond acceptors (Lipinski definition) is 3. The maximum absolute atomic E-state index is 11.7. The summed E-state index contributed by atoms with van der Waals surface area (Å²) >= 11 is 0. The van der Waals surface area contributed by atoms with Gasteiger partial charge in [0.15, 0.2) is 0 Å². The number of ketones is 1. The van der Waals surface area contributed by atoms with Gasteiger partial charge >= 0.3 is 5.97 Å². The van der Waals surface area contributed by atoms with Gasteiger partial charge in [-0.3, -0.25) is 4.79 Å².